The van der Waals surface area contributed by atoms with Gasteiger partial charge < -0.3 is 10.6 Å². The quantitative estimate of drug-likeness (QED) is 0.791. The van der Waals surface area contributed by atoms with Crippen molar-refractivity contribution in [2.75, 3.05) is 5.32 Å². The van der Waals surface area contributed by atoms with Crippen molar-refractivity contribution in [3.05, 3.63) is 47.7 Å². The van der Waals surface area contributed by atoms with E-state index in [9.17, 15) is 9.59 Å². The number of aromatic nitrogens is 2. The highest BCUT2D eigenvalue weighted by Crippen LogP contribution is 2.21. The maximum atomic E-state index is 12.2. The van der Waals surface area contributed by atoms with E-state index in [-0.39, 0.29) is 17.7 Å². The van der Waals surface area contributed by atoms with E-state index in [0.717, 1.165) is 5.56 Å². The van der Waals surface area contributed by atoms with Gasteiger partial charge in [-0.1, -0.05) is 32.0 Å². The second-order valence-electron chi connectivity index (χ2n) is 5.41. The predicted octanol–water partition coefficient (Wildman–Crippen LogP) is 2.29. The van der Waals surface area contributed by atoms with E-state index in [1.165, 1.54) is 0 Å². The van der Waals surface area contributed by atoms with Crippen LogP contribution in [0.4, 0.5) is 5.82 Å². The summed E-state index contributed by atoms with van der Waals surface area (Å²) in [6.07, 6.45) is 1.69. The molecule has 1 unspecified atom stereocenters. The Hall–Kier alpha value is -2.63. The normalized spacial score (nSPS) is 12.0. The molecule has 116 valence electrons. The molecule has 0 saturated heterocycles. The first-order chi connectivity index (χ1) is 10.5. The minimum atomic E-state index is -0.656. The molecule has 0 bridgehead atoms. The number of hydrogen-bond donors (Lipinski definition) is 3. The van der Waals surface area contributed by atoms with Crippen LogP contribution in [-0.2, 0) is 4.79 Å². The SMILES string of the molecule is CC(NC(=O)c1ccccc1)C(=O)Nc1[nH]ncc1C(C)C. The number of nitrogens with zero attached hydrogens (tertiary/aromatic N) is 1. The van der Waals surface area contributed by atoms with Gasteiger partial charge in [0.2, 0.25) is 5.91 Å². The summed E-state index contributed by atoms with van der Waals surface area (Å²) in [7, 11) is 0. The molecule has 6 nitrogen and oxygen atoms in total. The number of H-pyrrole nitrogens is 1. The summed E-state index contributed by atoms with van der Waals surface area (Å²) in [6.45, 7) is 5.67. The van der Waals surface area contributed by atoms with E-state index in [0.29, 0.717) is 11.4 Å². The molecule has 1 aromatic carbocycles. The number of anilines is 1. The fraction of sp³-hybridized carbons (Fsp3) is 0.312. The van der Waals surface area contributed by atoms with Crippen LogP contribution in [0.25, 0.3) is 0 Å². The Morgan fingerprint density at radius 3 is 2.45 bits per heavy atom. The lowest BCUT2D eigenvalue weighted by Gasteiger charge is -2.14. The van der Waals surface area contributed by atoms with Gasteiger partial charge in [-0.15, -0.1) is 0 Å². The number of hydrogen-bond acceptors (Lipinski definition) is 3. The molecule has 0 saturated carbocycles. The third-order valence-electron chi connectivity index (χ3n) is 3.32. The van der Waals surface area contributed by atoms with Crippen LogP contribution in [0.3, 0.4) is 0 Å². The first kappa shape index (κ1) is 15.8. The Morgan fingerprint density at radius 1 is 1.14 bits per heavy atom. The molecular weight excluding hydrogens is 280 g/mol. The Morgan fingerprint density at radius 2 is 1.82 bits per heavy atom. The van der Waals surface area contributed by atoms with Crippen LogP contribution in [0.2, 0.25) is 0 Å². The Balaban J connectivity index is 1.98. The van der Waals surface area contributed by atoms with Crippen molar-refractivity contribution < 1.29 is 9.59 Å². The van der Waals surface area contributed by atoms with Crippen LogP contribution in [0.5, 0.6) is 0 Å². The molecule has 0 aliphatic rings. The number of carbonyl (C=O) groups is 2. The summed E-state index contributed by atoms with van der Waals surface area (Å²) in [5.74, 6) is 0.233. The summed E-state index contributed by atoms with van der Waals surface area (Å²) in [4.78, 5) is 24.2. The van der Waals surface area contributed by atoms with Gasteiger partial charge in [0.25, 0.3) is 5.91 Å². The van der Waals surface area contributed by atoms with Crippen LogP contribution in [0.15, 0.2) is 36.5 Å². The minimum Gasteiger partial charge on any atom is -0.341 e. The monoisotopic (exact) mass is 300 g/mol. The fourth-order valence-electron chi connectivity index (χ4n) is 2.00. The van der Waals surface area contributed by atoms with Crippen molar-refractivity contribution >= 4 is 17.6 Å². The number of carbonyl (C=O) groups excluding carboxylic acids is 2. The van der Waals surface area contributed by atoms with Crippen molar-refractivity contribution in [1.82, 2.24) is 15.5 Å². The van der Waals surface area contributed by atoms with Crippen LogP contribution >= 0.6 is 0 Å². The molecule has 22 heavy (non-hydrogen) atoms. The maximum Gasteiger partial charge on any atom is 0.251 e. The molecule has 1 heterocycles. The number of amides is 2. The van der Waals surface area contributed by atoms with E-state index in [4.69, 9.17) is 0 Å². The smallest absolute Gasteiger partial charge is 0.251 e. The number of rotatable bonds is 5. The van der Waals surface area contributed by atoms with Crippen LogP contribution in [0, 0.1) is 0 Å². The summed E-state index contributed by atoms with van der Waals surface area (Å²) in [5.41, 5.74) is 1.45. The predicted molar refractivity (Wildman–Crippen MR) is 84.7 cm³/mol. The van der Waals surface area contributed by atoms with E-state index in [2.05, 4.69) is 20.8 Å². The molecule has 1 aromatic heterocycles. The van der Waals surface area contributed by atoms with E-state index >= 15 is 0 Å². The van der Waals surface area contributed by atoms with Gasteiger partial charge >= 0.3 is 0 Å². The standard InChI is InChI=1S/C16H20N4O2/c1-10(2)13-9-17-20-14(13)19-15(21)11(3)18-16(22)12-7-5-4-6-8-12/h4-11H,1-3H3,(H,18,22)(H2,17,19,20,21). The zero-order chi connectivity index (χ0) is 16.1. The highest BCUT2D eigenvalue weighted by molar-refractivity contribution is 6.00. The first-order valence-corrected chi connectivity index (χ1v) is 7.19. The van der Waals surface area contributed by atoms with Gasteiger partial charge in [-0.25, -0.2) is 0 Å². The summed E-state index contributed by atoms with van der Waals surface area (Å²) in [5, 5.41) is 12.1. The van der Waals surface area contributed by atoms with Crippen LogP contribution in [0.1, 0.15) is 42.6 Å². The summed E-state index contributed by atoms with van der Waals surface area (Å²) >= 11 is 0. The molecule has 1 atom stereocenters. The molecule has 3 N–H and O–H groups in total. The van der Waals surface area contributed by atoms with E-state index in [1.807, 2.05) is 19.9 Å². The molecule has 0 spiro atoms. The highest BCUT2D eigenvalue weighted by Gasteiger charge is 2.19. The third-order valence-corrected chi connectivity index (χ3v) is 3.32. The average Bonchev–Trinajstić information content (AvgIpc) is 2.96. The molecule has 2 aromatic rings. The van der Waals surface area contributed by atoms with Gasteiger partial charge in [-0.2, -0.15) is 5.10 Å². The third kappa shape index (κ3) is 3.72. The lowest BCUT2D eigenvalue weighted by molar-refractivity contribution is -0.117. The molecule has 6 heteroatoms. The Kier molecular flexibility index (Phi) is 4.93. The van der Waals surface area contributed by atoms with Crippen LogP contribution < -0.4 is 10.6 Å². The summed E-state index contributed by atoms with van der Waals surface area (Å²) in [6, 6.07) is 8.13. The molecular formula is C16H20N4O2. The van der Waals surface area contributed by atoms with E-state index < -0.39 is 6.04 Å². The van der Waals surface area contributed by atoms with Crippen molar-refractivity contribution in [3.63, 3.8) is 0 Å². The topological polar surface area (TPSA) is 86.9 Å². The summed E-state index contributed by atoms with van der Waals surface area (Å²) < 4.78 is 0. The van der Waals surface area contributed by atoms with Crippen molar-refractivity contribution in [3.8, 4) is 0 Å². The van der Waals surface area contributed by atoms with E-state index in [1.54, 1.807) is 37.4 Å². The van der Waals surface area contributed by atoms with Crippen molar-refractivity contribution in [1.29, 1.82) is 0 Å². The zero-order valence-electron chi connectivity index (χ0n) is 12.9. The van der Waals surface area contributed by atoms with Gasteiger partial charge in [0.15, 0.2) is 0 Å². The van der Waals surface area contributed by atoms with Crippen LogP contribution in [-0.4, -0.2) is 28.1 Å². The fourth-order valence-corrected chi connectivity index (χ4v) is 2.00. The van der Waals surface area contributed by atoms with Gasteiger partial charge in [0, 0.05) is 11.1 Å². The second kappa shape index (κ2) is 6.89. The van der Waals surface area contributed by atoms with Crippen molar-refractivity contribution in [2.24, 2.45) is 0 Å². The lowest BCUT2D eigenvalue weighted by atomic mass is 10.1. The molecule has 0 aliphatic heterocycles. The minimum absolute atomic E-state index is 0.239. The Bertz CT molecular complexity index is 649. The molecule has 2 amide bonds. The molecule has 2 rings (SSSR count). The van der Waals surface area contributed by atoms with Gasteiger partial charge in [-0.3, -0.25) is 14.7 Å². The number of nitrogens with one attached hydrogen (secondary N) is 3. The molecule has 0 fully saturated rings. The number of aromatic amines is 1. The largest absolute Gasteiger partial charge is 0.341 e. The maximum absolute atomic E-state index is 12.2. The number of benzene rings is 1. The first-order valence-electron chi connectivity index (χ1n) is 7.19. The molecule has 0 radical (unpaired) electrons. The second-order valence-corrected chi connectivity index (χ2v) is 5.41. The Labute approximate surface area is 129 Å². The lowest BCUT2D eigenvalue weighted by Crippen LogP contribution is -2.41. The van der Waals surface area contributed by atoms with Crippen molar-refractivity contribution in [2.45, 2.75) is 32.7 Å². The zero-order valence-corrected chi connectivity index (χ0v) is 12.9. The average molecular weight is 300 g/mol. The van der Waals surface area contributed by atoms with Gasteiger partial charge in [0.05, 0.1) is 6.20 Å². The van der Waals surface area contributed by atoms with Gasteiger partial charge in [0.1, 0.15) is 11.9 Å². The molecule has 0 aliphatic carbocycles. The van der Waals surface area contributed by atoms with Gasteiger partial charge in [-0.05, 0) is 25.0 Å². The highest BCUT2D eigenvalue weighted by atomic mass is 16.2.